The number of benzene rings is 11. The van der Waals surface area contributed by atoms with E-state index in [1.165, 1.54) is 44.5 Å². The Morgan fingerprint density at radius 3 is 1.72 bits per heavy atom. The molecular formula is C85H70N5OPt-3. The van der Waals surface area contributed by atoms with Crippen molar-refractivity contribution in [1.82, 2.24) is 9.55 Å². The molecule has 3 aliphatic rings. The Morgan fingerprint density at radius 1 is 0.467 bits per heavy atom. The average Bonchev–Trinajstić information content (AvgIpc) is 1.45. The minimum Gasteiger partial charge on any atom is -0.509 e. The van der Waals surface area contributed by atoms with Crippen molar-refractivity contribution in [3.63, 3.8) is 0 Å². The molecule has 0 amide bonds. The number of rotatable bonds is 8. The monoisotopic (exact) mass is 1380 g/mol. The number of aromatic nitrogens is 2. The van der Waals surface area contributed by atoms with Crippen molar-refractivity contribution in [3.8, 4) is 50.7 Å². The number of ether oxygens (including phenoxy) is 1. The first kappa shape index (κ1) is 54.0. The number of hydrogen-bond acceptors (Lipinski definition) is 5. The van der Waals surface area contributed by atoms with E-state index in [1.54, 1.807) is 10.6 Å². The zero-order chi connectivity index (χ0) is 65.6. The fourth-order valence-corrected chi connectivity index (χ4v) is 14.2. The van der Waals surface area contributed by atoms with Gasteiger partial charge < -0.3 is 24.0 Å². The van der Waals surface area contributed by atoms with Crippen LogP contribution in [0.15, 0.2) is 255 Å². The van der Waals surface area contributed by atoms with Gasteiger partial charge in [-0.1, -0.05) is 238 Å². The van der Waals surface area contributed by atoms with Crippen LogP contribution in [0, 0.1) is 18.8 Å². The van der Waals surface area contributed by atoms with Gasteiger partial charge >= 0.3 is 0 Å². The number of hydrogen-bond donors (Lipinski definition) is 0. The molecule has 7 heteroatoms. The Bertz CT molecular complexity index is 5210. The van der Waals surface area contributed by atoms with Gasteiger partial charge in [0.1, 0.15) is 5.82 Å². The minimum atomic E-state index is -0.667. The summed E-state index contributed by atoms with van der Waals surface area (Å²) in [6.07, 6.45) is 1.83. The summed E-state index contributed by atoms with van der Waals surface area (Å²) in [4.78, 5) is 11.9. The molecule has 92 heavy (non-hydrogen) atoms. The third-order valence-electron chi connectivity index (χ3n) is 18.7. The van der Waals surface area contributed by atoms with Gasteiger partial charge in [0.05, 0.1) is 22.3 Å². The second-order valence-corrected chi connectivity index (χ2v) is 27.4. The maximum atomic E-state index is 9.19. The fraction of sp³-hybridized carbons (Fsp3) is 0.153. The predicted molar refractivity (Wildman–Crippen MR) is 377 cm³/mol. The molecule has 0 fully saturated rings. The largest absolute Gasteiger partial charge is 0.509 e. The Hall–Kier alpha value is -9.74. The second kappa shape index (κ2) is 22.0. The average molecular weight is 1380 g/mol. The summed E-state index contributed by atoms with van der Waals surface area (Å²) in [5.74, 6) is 1.32. The Balaban J connectivity index is 0.00000756. The van der Waals surface area contributed by atoms with E-state index in [-0.39, 0.29) is 61.5 Å². The van der Waals surface area contributed by atoms with Gasteiger partial charge in [0.2, 0.25) is 0 Å². The maximum absolute atomic E-state index is 9.19. The number of pyridine rings is 1. The number of anilines is 7. The van der Waals surface area contributed by atoms with Crippen LogP contribution < -0.4 is 19.4 Å². The number of fused-ring (bicyclic) bond motifs is 13. The molecular weight excluding hydrogens is 1300 g/mol. The van der Waals surface area contributed by atoms with Crippen LogP contribution in [0.1, 0.15) is 107 Å². The normalized spacial score (nSPS) is 14.4. The maximum Gasteiger partial charge on any atom is 0.135 e. The van der Waals surface area contributed by atoms with E-state index in [0.717, 1.165) is 67.6 Å². The van der Waals surface area contributed by atoms with E-state index in [1.807, 2.05) is 36.5 Å². The topological polar surface area (TPSA) is 36.8 Å². The quantitative estimate of drug-likeness (QED) is 0.142. The van der Waals surface area contributed by atoms with Crippen LogP contribution in [-0.2, 0) is 42.7 Å². The van der Waals surface area contributed by atoms with Crippen molar-refractivity contribution in [3.05, 3.63) is 313 Å². The van der Waals surface area contributed by atoms with Gasteiger partial charge in [-0.25, -0.2) is 4.98 Å². The Kier molecular flexibility index (Phi) is 12.9. The third-order valence-corrected chi connectivity index (χ3v) is 18.7. The standard InChI is InChI=1S/C85H70N5O.Pt/c1-82(2,3)56-44-47-79(86-53-56)90-73-39-18-14-30-64(73)65-46-45-62(52-78(65)90)91-61-29-23-28-60(51-61)87-54-88(77-43-22-21-42-76(77)87)81-63(55-48-57(83(4,5)6)50-58(49-55)84(7,8)9)32-24-34-67(81)66-33-25-38-72-80(66)68-31-13-15-35-69(68)85(72)70-36-16-19-40-74(70)89(59-26-11-10-12-27-59)75-41-20-17-37-71(75)85;/h10-50,53-54H,1-9H3;/q-3;/i14D,18D,30D,39D;. The second-order valence-electron chi connectivity index (χ2n) is 27.4. The van der Waals surface area contributed by atoms with Crippen molar-refractivity contribution in [2.45, 2.75) is 84.0 Å². The molecule has 6 nitrogen and oxygen atoms in total. The van der Waals surface area contributed by atoms with Crippen LogP contribution in [0.2, 0.25) is 0 Å². The summed E-state index contributed by atoms with van der Waals surface area (Å²) in [5, 5.41) is 0.991. The molecule has 2 aromatic heterocycles. The van der Waals surface area contributed by atoms with E-state index in [4.69, 9.17) is 13.8 Å². The molecule has 454 valence electrons. The molecule has 1 aliphatic carbocycles. The summed E-state index contributed by atoms with van der Waals surface area (Å²) in [6, 6.07) is 87.2. The molecule has 0 unspecified atom stereocenters. The van der Waals surface area contributed by atoms with Gasteiger partial charge in [-0.05, 0) is 131 Å². The van der Waals surface area contributed by atoms with E-state index in [2.05, 4.69) is 284 Å². The predicted octanol–water partition coefficient (Wildman–Crippen LogP) is 22.4. The molecule has 0 saturated heterocycles. The van der Waals surface area contributed by atoms with Crippen molar-refractivity contribution in [2.24, 2.45) is 0 Å². The van der Waals surface area contributed by atoms with Crippen LogP contribution in [-0.4, -0.2) is 9.55 Å². The molecule has 0 radical (unpaired) electrons. The van der Waals surface area contributed by atoms with Crippen LogP contribution in [0.3, 0.4) is 0 Å². The van der Waals surface area contributed by atoms with Gasteiger partial charge in [-0.15, -0.1) is 48.1 Å². The molecule has 0 bridgehead atoms. The molecule has 0 N–H and O–H groups in total. The van der Waals surface area contributed by atoms with Gasteiger partial charge in [0, 0.05) is 78.2 Å². The minimum absolute atomic E-state index is 0. The van der Waals surface area contributed by atoms with Crippen LogP contribution in [0.4, 0.5) is 39.8 Å². The van der Waals surface area contributed by atoms with Crippen molar-refractivity contribution in [1.29, 1.82) is 0 Å². The number of nitrogens with zero attached hydrogens (tertiary/aromatic N) is 5. The molecule has 13 aromatic rings. The molecule has 16 rings (SSSR count). The summed E-state index contributed by atoms with van der Waals surface area (Å²) < 4.78 is 44.3. The van der Waals surface area contributed by atoms with E-state index >= 15 is 0 Å². The summed E-state index contributed by atoms with van der Waals surface area (Å²) >= 11 is 0. The number of para-hydroxylation sites is 7. The first-order valence-corrected chi connectivity index (χ1v) is 31.4. The van der Waals surface area contributed by atoms with Crippen molar-refractivity contribution >= 4 is 61.6 Å². The molecule has 11 aromatic carbocycles. The van der Waals surface area contributed by atoms with Gasteiger partial charge in [0.25, 0.3) is 0 Å². The molecule has 0 atom stereocenters. The molecule has 2 aliphatic heterocycles. The fourth-order valence-electron chi connectivity index (χ4n) is 14.2. The van der Waals surface area contributed by atoms with Crippen molar-refractivity contribution in [2.75, 3.05) is 14.7 Å². The summed E-state index contributed by atoms with van der Waals surface area (Å²) in [5.41, 5.74) is 22.2. The van der Waals surface area contributed by atoms with Gasteiger partial charge in [0.15, 0.2) is 0 Å². The summed E-state index contributed by atoms with van der Waals surface area (Å²) in [7, 11) is 0. The zero-order valence-corrected chi connectivity index (χ0v) is 55.2. The van der Waals surface area contributed by atoms with Gasteiger partial charge in [-0.2, -0.15) is 12.1 Å². The smallest absolute Gasteiger partial charge is 0.135 e. The summed E-state index contributed by atoms with van der Waals surface area (Å²) in [6.45, 7) is 22.4. The van der Waals surface area contributed by atoms with Crippen molar-refractivity contribution < 1.29 is 31.3 Å². The Morgan fingerprint density at radius 2 is 1.03 bits per heavy atom. The molecule has 1 spiro atoms. The van der Waals surface area contributed by atoms with E-state index in [0.29, 0.717) is 39.1 Å². The molecule has 4 heterocycles. The SMILES string of the molecule is [2H]c1c([2H])c([2H])c2c(c1[2H])c1ccc(Oc3[c-]c(N4[CH-]N(c5c(-c6cc(C(C)(C)C)cc(C(C)(C)C)c6)cccc5-c5cccc6c5-c5ccccc5C65c6ccccc6N(c6ccccc6)c6ccccc65)c5ccccc54)ccc3)[c-]c1n2-c1ccc(C(C)(C)C)cn1.[Pt]. The first-order chi connectivity index (χ1) is 45.7. The molecule has 0 saturated carbocycles. The Labute approximate surface area is 560 Å². The van der Waals surface area contributed by atoms with Gasteiger partial charge in [-0.3, -0.25) is 0 Å². The van der Waals surface area contributed by atoms with E-state index < -0.39 is 5.41 Å². The van der Waals surface area contributed by atoms with Crippen LogP contribution in [0.25, 0.3) is 61.0 Å². The van der Waals surface area contributed by atoms with Crippen LogP contribution in [0.5, 0.6) is 11.5 Å². The van der Waals surface area contributed by atoms with Crippen LogP contribution >= 0.6 is 0 Å². The van der Waals surface area contributed by atoms with E-state index in [9.17, 15) is 1.37 Å². The third kappa shape index (κ3) is 9.35. The first-order valence-electron chi connectivity index (χ1n) is 33.4. The zero-order valence-electron chi connectivity index (χ0n) is 57.0.